The van der Waals surface area contributed by atoms with Crippen molar-refractivity contribution < 1.29 is 13.2 Å². The summed E-state index contributed by atoms with van der Waals surface area (Å²) in [5, 5.41) is 7.31. The fraction of sp³-hybridized carbons (Fsp3) is 0.950. The number of nitrogens with zero attached hydrogens (tertiary/aromatic N) is 2. The third kappa shape index (κ3) is 3.56. The predicted molar refractivity (Wildman–Crippen MR) is 111 cm³/mol. The van der Waals surface area contributed by atoms with E-state index in [0.29, 0.717) is 43.0 Å². The number of hydrogen-bond acceptors (Lipinski definition) is 4. The Labute approximate surface area is 169 Å². The lowest BCUT2D eigenvalue weighted by atomic mass is 9.54. The quantitative estimate of drug-likeness (QED) is 0.531. The summed E-state index contributed by atoms with van der Waals surface area (Å²) in [6, 6.07) is 0.730. The van der Waals surface area contributed by atoms with Crippen LogP contribution in [0.2, 0.25) is 0 Å². The second kappa shape index (κ2) is 8.11. The zero-order chi connectivity index (χ0) is 19.8. The number of ether oxygens (including phenoxy) is 1. The molecule has 3 unspecified atom stereocenters. The predicted octanol–water partition coefficient (Wildman–Crippen LogP) is 1.70. The number of rotatable bonds is 5. The molecule has 0 amide bonds. The molecule has 4 fully saturated rings. The first-order chi connectivity index (χ1) is 13.5. The molecule has 2 heterocycles. The Bertz CT molecular complexity index is 682. The van der Waals surface area contributed by atoms with Crippen molar-refractivity contribution >= 4 is 16.0 Å². The third-order valence-corrected chi connectivity index (χ3v) is 9.53. The molecule has 1 spiro atoms. The molecule has 0 bridgehead atoms. The number of aliphatic imine (C=N–C) groups is 1. The summed E-state index contributed by atoms with van der Waals surface area (Å²) >= 11 is 0. The summed E-state index contributed by atoms with van der Waals surface area (Å²) in [7, 11) is -1.25. The zero-order valence-electron chi connectivity index (χ0n) is 17.3. The molecule has 4 aliphatic rings. The maximum atomic E-state index is 12.3. The van der Waals surface area contributed by atoms with Gasteiger partial charge in [-0.1, -0.05) is 19.8 Å². The molecule has 2 aliphatic carbocycles. The fourth-order valence-electron chi connectivity index (χ4n) is 6.08. The molecule has 7 nitrogen and oxygen atoms in total. The summed E-state index contributed by atoms with van der Waals surface area (Å²) in [6.07, 6.45) is 9.05. The first-order valence-corrected chi connectivity index (χ1v) is 12.7. The lowest BCUT2D eigenvalue weighted by Gasteiger charge is -2.57. The lowest BCUT2D eigenvalue weighted by molar-refractivity contribution is -0.125. The SMILES string of the molecule is CCCS(=O)(=O)N1CCC(NC(=NC)NC2C3CCOC3C23CCCC3)CC1. The van der Waals surface area contributed by atoms with E-state index in [2.05, 4.69) is 15.6 Å². The molecule has 2 saturated heterocycles. The Morgan fingerprint density at radius 2 is 1.89 bits per heavy atom. The van der Waals surface area contributed by atoms with Crippen LogP contribution in [0.15, 0.2) is 4.99 Å². The molecule has 4 rings (SSSR count). The van der Waals surface area contributed by atoms with Crippen LogP contribution in [0.5, 0.6) is 0 Å². The second-order valence-electron chi connectivity index (χ2n) is 9.01. The highest BCUT2D eigenvalue weighted by molar-refractivity contribution is 7.89. The van der Waals surface area contributed by atoms with Crippen LogP contribution in [0.4, 0.5) is 0 Å². The number of fused-ring (bicyclic) bond motifs is 2. The van der Waals surface area contributed by atoms with Crippen molar-refractivity contribution in [3.05, 3.63) is 0 Å². The van der Waals surface area contributed by atoms with Gasteiger partial charge in [-0.05, 0) is 38.5 Å². The molecule has 8 heteroatoms. The van der Waals surface area contributed by atoms with Gasteiger partial charge in [0.25, 0.3) is 0 Å². The molecule has 0 aromatic rings. The van der Waals surface area contributed by atoms with Crippen LogP contribution in [0.25, 0.3) is 0 Å². The fourth-order valence-corrected chi connectivity index (χ4v) is 7.62. The van der Waals surface area contributed by atoms with E-state index in [-0.39, 0.29) is 11.8 Å². The molecule has 28 heavy (non-hydrogen) atoms. The standard InChI is InChI=1S/C20H36N4O3S/c1-3-14-28(25,26)24-11-6-15(7-12-24)22-19(21-2)23-17-16-8-13-27-18(16)20(17)9-4-5-10-20/h15-18H,3-14H2,1-2H3,(H2,21,22,23). The van der Waals surface area contributed by atoms with Gasteiger partial charge in [0.15, 0.2) is 5.96 Å². The summed E-state index contributed by atoms with van der Waals surface area (Å²) in [5.74, 6) is 1.73. The van der Waals surface area contributed by atoms with E-state index in [1.165, 1.54) is 25.7 Å². The van der Waals surface area contributed by atoms with Crippen LogP contribution >= 0.6 is 0 Å². The number of sulfonamides is 1. The van der Waals surface area contributed by atoms with Crippen molar-refractivity contribution in [1.82, 2.24) is 14.9 Å². The minimum absolute atomic E-state index is 0.253. The van der Waals surface area contributed by atoms with E-state index in [0.717, 1.165) is 31.8 Å². The van der Waals surface area contributed by atoms with Gasteiger partial charge in [0, 0.05) is 50.2 Å². The normalized spacial score (nSPS) is 33.6. The molecule has 2 aliphatic heterocycles. The van der Waals surface area contributed by atoms with E-state index in [1.54, 1.807) is 4.31 Å². The summed E-state index contributed by atoms with van der Waals surface area (Å²) in [5.41, 5.74) is 0.302. The second-order valence-corrected chi connectivity index (χ2v) is 11.1. The average Bonchev–Trinajstić information content (AvgIpc) is 3.34. The zero-order valence-corrected chi connectivity index (χ0v) is 18.1. The van der Waals surface area contributed by atoms with Gasteiger partial charge in [0.2, 0.25) is 10.0 Å². The average molecular weight is 413 g/mol. The van der Waals surface area contributed by atoms with Crippen LogP contribution in [0.1, 0.15) is 58.3 Å². The summed E-state index contributed by atoms with van der Waals surface area (Å²) in [6.45, 7) is 4.01. The Morgan fingerprint density at radius 3 is 2.54 bits per heavy atom. The lowest BCUT2D eigenvalue weighted by Crippen LogP contribution is -2.69. The van der Waals surface area contributed by atoms with E-state index in [4.69, 9.17) is 4.74 Å². The van der Waals surface area contributed by atoms with Gasteiger partial charge in [0.1, 0.15) is 0 Å². The Morgan fingerprint density at radius 1 is 1.18 bits per heavy atom. The molecule has 0 radical (unpaired) electrons. The highest BCUT2D eigenvalue weighted by Gasteiger charge is 2.65. The molecule has 2 N–H and O–H groups in total. The maximum Gasteiger partial charge on any atom is 0.214 e. The van der Waals surface area contributed by atoms with Crippen LogP contribution in [-0.2, 0) is 14.8 Å². The van der Waals surface area contributed by atoms with Gasteiger partial charge in [-0.3, -0.25) is 4.99 Å². The van der Waals surface area contributed by atoms with Gasteiger partial charge in [0.05, 0.1) is 11.9 Å². The van der Waals surface area contributed by atoms with Crippen molar-refractivity contribution in [3.8, 4) is 0 Å². The van der Waals surface area contributed by atoms with E-state index < -0.39 is 10.0 Å². The van der Waals surface area contributed by atoms with E-state index >= 15 is 0 Å². The van der Waals surface area contributed by atoms with Gasteiger partial charge < -0.3 is 15.4 Å². The van der Waals surface area contributed by atoms with Crippen LogP contribution in [0, 0.1) is 11.3 Å². The summed E-state index contributed by atoms with van der Waals surface area (Å²) < 4.78 is 32.3. The number of nitrogens with one attached hydrogen (secondary N) is 2. The van der Waals surface area contributed by atoms with Crippen LogP contribution < -0.4 is 10.6 Å². The van der Waals surface area contributed by atoms with Gasteiger partial charge in [-0.15, -0.1) is 0 Å². The smallest absolute Gasteiger partial charge is 0.214 e. The minimum atomic E-state index is -3.08. The first kappa shape index (κ1) is 20.4. The molecular weight excluding hydrogens is 376 g/mol. The van der Waals surface area contributed by atoms with Gasteiger partial charge >= 0.3 is 0 Å². The molecule has 0 aromatic carbocycles. The van der Waals surface area contributed by atoms with Gasteiger partial charge in [-0.2, -0.15) is 0 Å². The monoisotopic (exact) mass is 412 g/mol. The number of hydrogen-bond donors (Lipinski definition) is 2. The first-order valence-electron chi connectivity index (χ1n) is 11.1. The highest BCUT2D eigenvalue weighted by atomic mass is 32.2. The van der Waals surface area contributed by atoms with Crippen LogP contribution in [0.3, 0.4) is 0 Å². The largest absolute Gasteiger partial charge is 0.377 e. The van der Waals surface area contributed by atoms with Crippen molar-refractivity contribution in [3.63, 3.8) is 0 Å². The molecule has 2 saturated carbocycles. The topological polar surface area (TPSA) is 83.0 Å². The van der Waals surface area contributed by atoms with Gasteiger partial charge in [-0.25, -0.2) is 12.7 Å². The van der Waals surface area contributed by atoms with Crippen molar-refractivity contribution in [2.75, 3.05) is 32.5 Å². The Kier molecular flexibility index (Phi) is 5.91. The van der Waals surface area contributed by atoms with Crippen molar-refractivity contribution in [2.24, 2.45) is 16.3 Å². The Hall–Kier alpha value is -0.860. The van der Waals surface area contributed by atoms with E-state index in [1.807, 2.05) is 14.0 Å². The number of guanidine groups is 1. The Balaban J connectivity index is 1.32. The van der Waals surface area contributed by atoms with Crippen LogP contribution in [-0.4, -0.2) is 69.4 Å². The number of piperidine rings is 1. The maximum absolute atomic E-state index is 12.3. The molecular formula is C20H36N4O3S. The third-order valence-electron chi connectivity index (χ3n) is 7.45. The van der Waals surface area contributed by atoms with E-state index in [9.17, 15) is 8.42 Å². The van der Waals surface area contributed by atoms with Crippen molar-refractivity contribution in [2.45, 2.75) is 76.5 Å². The minimum Gasteiger partial charge on any atom is -0.377 e. The highest BCUT2D eigenvalue weighted by Crippen LogP contribution is 2.60. The molecule has 160 valence electrons. The molecule has 0 aromatic heterocycles. The summed E-state index contributed by atoms with van der Waals surface area (Å²) in [4.78, 5) is 4.49. The molecule has 3 atom stereocenters. The van der Waals surface area contributed by atoms with Crippen molar-refractivity contribution in [1.29, 1.82) is 0 Å².